The van der Waals surface area contributed by atoms with Crippen LogP contribution in [0.3, 0.4) is 0 Å². The Hall–Kier alpha value is -6.04. The largest absolute Gasteiger partial charge is 0.311 e. The lowest BCUT2D eigenvalue weighted by molar-refractivity contribution is 0.332. The summed E-state index contributed by atoms with van der Waals surface area (Å²) in [6.07, 6.45) is 7.02. The minimum absolute atomic E-state index is 0.00532. The van der Waals surface area contributed by atoms with Gasteiger partial charge in [0, 0.05) is 54.7 Å². The maximum atomic E-state index is 2.75. The molecule has 0 saturated heterocycles. The van der Waals surface area contributed by atoms with Gasteiger partial charge in [-0.25, -0.2) is 0 Å². The van der Waals surface area contributed by atoms with Crippen molar-refractivity contribution in [3.8, 4) is 0 Å². The average molecular weight is 1090 g/mol. The van der Waals surface area contributed by atoms with Crippen LogP contribution in [0.5, 0.6) is 0 Å². The Balaban J connectivity index is 1.20. The fourth-order valence-electron chi connectivity index (χ4n) is 15.2. The topological polar surface area (TPSA) is 9.72 Å². The highest BCUT2D eigenvalue weighted by Crippen LogP contribution is 2.57. The molecular formula is C76H88BN3S. The van der Waals surface area contributed by atoms with Crippen LogP contribution in [0.1, 0.15) is 208 Å². The van der Waals surface area contributed by atoms with E-state index in [1.807, 2.05) is 0 Å². The summed E-state index contributed by atoms with van der Waals surface area (Å²) < 4.78 is 2.84. The molecule has 0 atom stereocenters. The van der Waals surface area contributed by atoms with E-state index in [-0.39, 0.29) is 50.0 Å². The fraction of sp³-hybridized carbons (Fsp3) is 0.421. The summed E-state index contributed by atoms with van der Waals surface area (Å²) in [6, 6.07) is 53.8. The monoisotopic (exact) mass is 1090 g/mol. The second-order valence-electron chi connectivity index (χ2n) is 31.5. The molecule has 0 saturated carbocycles. The lowest BCUT2D eigenvalue weighted by Gasteiger charge is -2.48. The zero-order chi connectivity index (χ0) is 57.5. The van der Waals surface area contributed by atoms with Gasteiger partial charge < -0.3 is 14.7 Å². The van der Waals surface area contributed by atoms with Gasteiger partial charge in [-0.2, -0.15) is 0 Å². The van der Waals surface area contributed by atoms with Gasteiger partial charge in [0.15, 0.2) is 0 Å². The van der Waals surface area contributed by atoms with E-state index < -0.39 is 0 Å². The molecular weight excluding hydrogens is 998 g/mol. The van der Waals surface area contributed by atoms with Gasteiger partial charge in [0.2, 0.25) is 0 Å². The number of rotatable bonds is 5. The molecule has 0 amide bonds. The van der Waals surface area contributed by atoms with E-state index in [2.05, 4.69) is 284 Å². The van der Waals surface area contributed by atoms with Gasteiger partial charge in [0.05, 0.1) is 11.4 Å². The van der Waals surface area contributed by atoms with Crippen molar-refractivity contribution in [1.29, 1.82) is 0 Å². The lowest BCUT2D eigenvalue weighted by Crippen LogP contribution is -2.61. The van der Waals surface area contributed by atoms with E-state index in [9.17, 15) is 0 Å². The predicted molar refractivity (Wildman–Crippen MR) is 354 cm³/mol. The second-order valence-corrected chi connectivity index (χ2v) is 32.5. The maximum absolute atomic E-state index is 2.75. The van der Waals surface area contributed by atoms with E-state index >= 15 is 0 Å². The maximum Gasteiger partial charge on any atom is 0.264 e. The number of hydrogen-bond acceptors (Lipinski definition) is 4. The van der Waals surface area contributed by atoms with Crippen LogP contribution < -0.4 is 30.4 Å². The Morgan fingerprint density at radius 1 is 0.407 bits per heavy atom. The van der Waals surface area contributed by atoms with Crippen molar-refractivity contribution in [2.75, 3.05) is 14.7 Å². The van der Waals surface area contributed by atoms with Crippen molar-refractivity contribution < 1.29 is 0 Å². The van der Waals surface area contributed by atoms with Crippen LogP contribution >= 0.6 is 11.3 Å². The number of thiophene rings is 1. The van der Waals surface area contributed by atoms with Gasteiger partial charge in [0.25, 0.3) is 6.71 Å². The Morgan fingerprint density at radius 2 is 0.852 bits per heavy atom. The predicted octanol–water partition coefficient (Wildman–Crippen LogP) is 20.1. The van der Waals surface area contributed by atoms with Crippen LogP contribution in [0.4, 0.5) is 51.2 Å². The van der Waals surface area contributed by atoms with E-state index in [4.69, 9.17) is 0 Å². The van der Waals surface area contributed by atoms with Crippen molar-refractivity contribution in [1.82, 2.24) is 0 Å². The molecule has 3 nitrogen and oxygen atoms in total. The first-order chi connectivity index (χ1) is 37.9. The third kappa shape index (κ3) is 8.53. The summed E-state index contributed by atoms with van der Waals surface area (Å²) in [5, 5.41) is 1.37. The van der Waals surface area contributed by atoms with Crippen LogP contribution in [0.2, 0.25) is 0 Å². The van der Waals surface area contributed by atoms with Crippen LogP contribution in [0.25, 0.3) is 10.1 Å². The molecule has 0 fully saturated rings. The number of nitrogens with zero attached hydrogens (tertiary/aromatic N) is 3. The first-order valence-electron chi connectivity index (χ1n) is 30.7. The van der Waals surface area contributed by atoms with E-state index in [0.29, 0.717) is 0 Å². The molecule has 0 N–H and O–H groups in total. The average Bonchev–Trinajstić information content (AvgIpc) is 2.05. The molecule has 0 spiro atoms. The van der Waals surface area contributed by atoms with Crippen LogP contribution in [0, 0.1) is 0 Å². The molecule has 416 valence electrons. The Morgan fingerprint density at radius 3 is 1.40 bits per heavy atom. The zero-order valence-electron chi connectivity index (χ0n) is 52.3. The third-order valence-corrected chi connectivity index (χ3v) is 22.1. The van der Waals surface area contributed by atoms with Crippen molar-refractivity contribution >= 4 is 95.0 Å². The van der Waals surface area contributed by atoms with Gasteiger partial charge in [-0.05, 0) is 216 Å². The lowest BCUT2D eigenvalue weighted by atomic mass is 9.35. The molecule has 2 aliphatic heterocycles. The summed E-state index contributed by atoms with van der Waals surface area (Å²) in [6.45, 7) is 43.9. The fourth-order valence-corrected chi connectivity index (χ4v) is 16.6. The Kier molecular flexibility index (Phi) is 11.9. The minimum Gasteiger partial charge on any atom is -0.311 e. The number of benzene rings is 7. The smallest absolute Gasteiger partial charge is 0.264 e. The molecule has 8 aromatic rings. The van der Waals surface area contributed by atoms with Gasteiger partial charge in [0.1, 0.15) is 0 Å². The van der Waals surface area contributed by atoms with Crippen LogP contribution in [0.15, 0.2) is 133 Å². The van der Waals surface area contributed by atoms with E-state index in [1.54, 1.807) is 0 Å². The summed E-state index contributed by atoms with van der Waals surface area (Å²) in [5.74, 6) is 0. The molecule has 0 bridgehead atoms. The molecule has 5 heteroatoms. The van der Waals surface area contributed by atoms with Crippen molar-refractivity contribution in [3.05, 3.63) is 178 Å². The molecule has 3 heterocycles. The Bertz CT molecular complexity index is 3850. The van der Waals surface area contributed by atoms with Gasteiger partial charge in [-0.1, -0.05) is 179 Å². The quantitative estimate of drug-likeness (QED) is 0.159. The molecule has 5 aliphatic rings. The van der Waals surface area contributed by atoms with Crippen molar-refractivity contribution in [3.63, 3.8) is 0 Å². The zero-order valence-corrected chi connectivity index (χ0v) is 53.1. The highest BCUT2D eigenvalue weighted by Gasteiger charge is 2.50. The van der Waals surface area contributed by atoms with E-state index in [1.165, 1.54) is 124 Å². The van der Waals surface area contributed by atoms with Gasteiger partial charge in [-0.15, -0.1) is 11.3 Å². The first kappa shape index (κ1) is 54.2. The summed E-state index contributed by atoms with van der Waals surface area (Å²) in [7, 11) is 0. The summed E-state index contributed by atoms with van der Waals surface area (Å²) in [4.78, 5) is 8.01. The minimum atomic E-state index is -0.0127. The van der Waals surface area contributed by atoms with E-state index in [0.717, 1.165) is 36.3 Å². The van der Waals surface area contributed by atoms with Crippen molar-refractivity contribution in [2.24, 2.45) is 0 Å². The standard InChI is InChI=1S/C76H88BN3S/c1-69(2,3)47-24-28-50(29-25-47)78(49-22-20-19-21-23-49)53-41-63-66-64(42-53)80(51-30-26-48(27-31-51)70(4,5)6)67-54-43-57-60(76(17,18)39-36-73(57,11)12)46-65(54)81-68(67)77(66)61-44-58-59(75(15,16)38-37-74(58,13)14)45-62(61)79(63)52-32-33-55-56(40-52)72(9,10)35-34-71(55,7)8/h19-33,40-46H,34-39H2,1-18H3. The van der Waals surface area contributed by atoms with Crippen molar-refractivity contribution in [2.45, 2.75) is 206 Å². The number of anilines is 9. The third-order valence-electron chi connectivity index (χ3n) is 20.9. The normalized spacial score (nSPS) is 19.5. The highest BCUT2D eigenvalue weighted by molar-refractivity contribution is 7.33. The highest BCUT2D eigenvalue weighted by atomic mass is 32.1. The molecule has 13 rings (SSSR count). The number of para-hydroxylation sites is 1. The Labute approximate surface area is 491 Å². The first-order valence-corrected chi connectivity index (χ1v) is 31.5. The van der Waals surface area contributed by atoms with Crippen LogP contribution in [-0.2, 0) is 43.3 Å². The molecule has 0 radical (unpaired) electrons. The number of hydrogen-bond donors (Lipinski definition) is 0. The molecule has 0 unspecified atom stereocenters. The molecule has 7 aromatic carbocycles. The molecule has 3 aliphatic carbocycles. The second kappa shape index (κ2) is 17.7. The molecule has 1 aromatic heterocycles. The summed E-state index contributed by atoms with van der Waals surface area (Å²) in [5.41, 5.74) is 25.8. The van der Waals surface area contributed by atoms with Gasteiger partial charge in [-0.3, -0.25) is 0 Å². The number of fused-ring (bicyclic) bond motifs is 9. The van der Waals surface area contributed by atoms with Crippen LogP contribution in [-0.4, -0.2) is 6.71 Å². The summed E-state index contributed by atoms with van der Waals surface area (Å²) >= 11 is 2.07. The van der Waals surface area contributed by atoms with Gasteiger partial charge >= 0.3 is 0 Å². The SMILES string of the molecule is CC(C)(C)c1ccc(N(c2ccccc2)c2cc3c4c(c2)N(c2ccc(C(C)(C)C)cc2)c2c(sc5cc6c(cc25)C(C)(C)CCC6(C)C)B4c2cc4c(cc2N3c2ccc3c(c2)C(C)(C)CCC3(C)C)C(C)(C)CCC4(C)C)cc1. The molecule has 81 heavy (non-hydrogen) atoms.